The summed E-state index contributed by atoms with van der Waals surface area (Å²) in [4.78, 5) is 18.2. The summed E-state index contributed by atoms with van der Waals surface area (Å²) in [6.45, 7) is 6.47. The van der Waals surface area contributed by atoms with Crippen molar-refractivity contribution >= 4 is 11.7 Å². The fourth-order valence-electron chi connectivity index (χ4n) is 4.44. The maximum Gasteiger partial charge on any atom is 0.303 e. The van der Waals surface area contributed by atoms with Gasteiger partial charge in [0, 0.05) is 44.3 Å². The molecule has 150 valence electrons. The molecule has 1 aromatic carbocycles. The van der Waals surface area contributed by atoms with Crippen LogP contribution < -0.4 is 4.90 Å². The van der Waals surface area contributed by atoms with Gasteiger partial charge in [0.2, 0.25) is 0 Å². The number of piperidine rings is 1. The summed E-state index contributed by atoms with van der Waals surface area (Å²) in [5, 5.41) is 9.08. The molecule has 0 radical (unpaired) electrons. The monoisotopic (exact) mass is 375 g/mol. The van der Waals surface area contributed by atoms with E-state index >= 15 is 0 Å². The summed E-state index contributed by atoms with van der Waals surface area (Å²) in [6.07, 6.45) is 2.11. The molecule has 2 heterocycles. The Hall–Kier alpha value is -1.63. The Morgan fingerprint density at radius 3 is 2.74 bits per heavy atom. The number of rotatable bonds is 7. The molecule has 2 fully saturated rings. The van der Waals surface area contributed by atoms with Gasteiger partial charge >= 0.3 is 5.97 Å². The smallest absolute Gasteiger partial charge is 0.303 e. The normalized spacial score (nSPS) is 24.3. The maximum atomic E-state index is 11.0. The molecule has 0 aromatic heterocycles. The van der Waals surface area contributed by atoms with Crippen molar-refractivity contribution in [2.24, 2.45) is 5.92 Å². The lowest BCUT2D eigenvalue weighted by Crippen LogP contribution is -2.48. The average Bonchev–Trinajstić information content (AvgIpc) is 2.67. The second-order valence-electron chi connectivity index (χ2n) is 8.02. The van der Waals surface area contributed by atoms with E-state index in [0.29, 0.717) is 12.0 Å². The van der Waals surface area contributed by atoms with Gasteiger partial charge in [0.05, 0.1) is 13.2 Å². The number of nitrogens with zero attached hydrogens (tertiary/aromatic N) is 3. The zero-order valence-corrected chi connectivity index (χ0v) is 16.6. The number of likely N-dealkylation sites (tertiary alicyclic amines) is 1. The first-order valence-corrected chi connectivity index (χ1v) is 10.0. The summed E-state index contributed by atoms with van der Waals surface area (Å²) in [6, 6.07) is 9.31. The van der Waals surface area contributed by atoms with Gasteiger partial charge < -0.3 is 19.6 Å². The van der Waals surface area contributed by atoms with Crippen LogP contribution in [0.3, 0.4) is 0 Å². The maximum absolute atomic E-state index is 11.0. The largest absolute Gasteiger partial charge is 0.481 e. The standard InChI is InChI=1S/C21H33N3O3/c1-22(2)20-8-9-23(16-18(20)6-7-21(25)26)15-17-4-3-5-19(14-17)24-10-12-27-13-11-24/h3-5,14,18,20H,6-13,15-16H2,1-2H3,(H,25,26)/t18-,20+/m1/s1. The van der Waals surface area contributed by atoms with Crippen LogP contribution in [0, 0.1) is 5.92 Å². The lowest BCUT2D eigenvalue weighted by Gasteiger charge is -2.41. The number of carbonyl (C=O) groups is 1. The molecule has 0 bridgehead atoms. The molecule has 2 saturated heterocycles. The molecule has 6 heteroatoms. The number of carboxylic acid groups (broad SMARTS) is 1. The summed E-state index contributed by atoms with van der Waals surface area (Å²) in [7, 11) is 4.22. The first kappa shape index (κ1) is 20.1. The highest BCUT2D eigenvalue weighted by Crippen LogP contribution is 2.27. The summed E-state index contributed by atoms with van der Waals surface area (Å²) >= 11 is 0. The van der Waals surface area contributed by atoms with Gasteiger partial charge in [-0.2, -0.15) is 0 Å². The minimum absolute atomic E-state index is 0.259. The van der Waals surface area contributed by atoms with E-state index in [9.17, 15) is 4.79 Å². The molecular formula is C21H33N3O3. The minimum atomic E-state index is -0.692. The van der Waals surface area contributed by atoms with E-state index in [0.717, 1.165) is 58.8 Å². The number of carboxylic acids is 1. The molecule has 1 N–H and O–H groups in total. The molecule has 2 aliphatic rings. The van der Waals surface area contributed by atoms with Crippen molar-refractivity contribution in [1.29, 1.82) is 0 Å². The molecule has 6 nitrogen and oxygen atoms in total. The summed E-state index contributed by atoms with van der Waals surface area (Å²) < 4.78 is 5.46. The number of aliphatic carboxylic acids is 1. The number of hydrogen-bond donors (Lipinski definition) is 1. The van der Waals surface area contributed by atoms with Gasteiger partial charge in [-0.15, -0.1) is 0 Å². The van der Waals surface area contributed by atoms with Crippen molar-refractivity contribution in [2.45, 2.75) is 31.8 Å². The van der Waals surface area contributed by atoms with Crippen LogP contribution in [0.4, 0.5) is 5.69 Å². The number of benzene rings is 1. The van der Waals surface area contributed by atoms with Gasteiger partial charge in [0.25, 0.3) is 0 Å². The van der Waals surface area contributed by atoms with E-state index in [4.69, 9.17) is 9.84 Å². The first-order valence-electron chi connectivity index (χ1n) is 10.0. The summed E-state index contributed by atoms with van der Waals surface area (Å²) in [5.41, 5.74) is 2.61. The van der Waals surface area contributed by atoms with Crippen LogP contribution in [0.15, 0.2) is 24.3 Å². The van der Waals surface area contributed by atoms with Gasteiger partial charge in [-0.3, -0.25) is 9.69 Å². The summed E-state index contributed by atoms with van der Waals surface area (Å²) in [5.74, 6) is -0.282. The number of morpholine rings is 1. The van der Waals surface area contributed by atoms with Crippen LogP contribution in [-0.2, 0) is 16.1 Å². The molecule has 0 aliphatic carbocycles. The second-order valence-corrected chi connectivity index (χ2v) is 8.02. The van der Waals surface area contributed by atoms with Crippen LogP contribution in [0.2, 0.25) is 0 Å². The molecule has 3 rings (SSSR count). The molecule has 0 amide bonds. The first-order chi connectivity index (χ1) is 13.0. The van der Waals surface area contributed by atoms with Gasteiger partial charge in [0.1, 0.15) is 0 Å². The van der Waals surface area contributed by atoms with Crippen molar-refractivity contribution in [1.82, 2.24) is 9.80 Å². The Bertz CT molecular complexity index is 616. The van der Waals surface area contributed by atoms with Gasteiger partial charge in [-0.05, 0) is 57.1 Å². The highest BCUT2D eigenvalue weighted by Gasteiger charge is 2.30. The van der Waals surface area contributed by atoms with Crippen LogP contribution >= 0.6 is 0 Å². The minimum Gasteiger partial charge on any atom is -0.481 e. The number of ether oxygens (including phenoxy) is 1. The third-order valence-corrected chi connectivity index (χ3v) is 5.86. The van der Waals surface area contributed by atoms with Gasteiger partial charge in [-0.1, -0.05) is 12.1 Å². The van der Waals surface area contributed by atoms with E-state index in [-0.39, 0.29) is 6.42 Å². The second kappa shape index (κ2) is 9.53. The fourth-order valence-corrected chi connectivity index (χ4v) is 4.44. The predicted molar refractivity (Wildman–Crippen MR) is 107 cm³/mol. The molecule has 0 unspecified atom stereocenters. The van der Waals surface area contributed by atoms with E-state index in [1.807, 2.05) is 0 Å². The van der Waals surface area contributed by atoms with Crippen LogP contribution in [0.25, 0.3) is 0 Å². The van der Waals surface area contributed by atoms with Crippen molar-refractivity contribution in [2.75, 3.05) is 58.4 Å². The molecule has 2 atom stereocenters. The molecule has 0 spiro atoms. The quantitative estimate of drug-likeness (QED) is 0.788. The van der Waals surface area contributed by atoms with Crippen molar-refractivity contribution in [3.05, 3.63) is 29.8 Å². The van der Waals surface area contributed by atoms with Gasteiger partial charge in [-0.25, -0.2) is 0 Å². The van der Waals surface area contributed by atoms with Gasteiger partial charge in [0.15, 0.2) is 0 Å². The number of hydrogen-bond acceptors (Lipinski definition) is 5. The SMILES string of the molecule is CN(C)[C@H]1CCN(Cc2cccc(N3CCOCC3)c2)C[C@H]1CCC(=O)O. The molecule has 2 aliphatic heterocycles. The van der Waals surface area contributed by atoms with Crippen molar-refractivity contribution in [3.8, 4) is 0 Å². The lowest BCUT2D eigenvalue weighted by molar-refractivity contribution is -0.137. The molecule has 27 heavy (non-hydrogen) atoms. The Labute approximate surface area is 162 Å². The highest BCUT2D eigenvalue weighted by atomic mass is 16.5. The van der Waals surface area contributed by atoms with Crippen LogP contribution in [-0.4, -0.2) is 80.4 Å². The predicted octanol–water partition coefficient (Wildman–Crippen LogP) is 2.14. The van der Waals surface area contributed by atoms with Crippen LogP contribution in [0.1, 0.15) is 24.8 Å². The van der Waals surface area contributed by atoms with E-state index in [1.165, 1.54) is 11.3 Å². The zero-order valence-electron chi connectivity index (χ0n) is 16.6. The Kier molecular flexibility index (Phi) is 7.10. The Morgan fingerprint density at radius 1 is 1.26 bits per heavy atom. The zero-order chi connectivity index (χ0) is 19.2. The Morgan fingerprint density at radius 2 is 2.04 bits per heavy atom. The number of anilines is 1. The average molecular weight is 376 g/mol. The lowest BCUT2D eigenvalue weighted by atomic mass is 9.87. The topological polar surface area (TPSA) is 56.2 Å². The molecular weight excluding hydrogens is 342 g/mol. The Balaban J connectivity index is 1.62. The van der Waals surface area contributed by atoms with E-state index in [1.54, 1.807) is 0 Å². The van der Waals surface area contributed by atoms with Crippen LogP contribution in [0.5, 0.6) is 0 Å². The molecule has 0 saturated carbocycles. The highest BCUT2D eigenvalue weighted by molar-refractivity contribution is 5.66. The fraction of sp³-hybridized carbons (Fsp3) is 0.667. The van der Waals surface area contributed by atoms with Crippen molar-refractivity contribution in [3.63, 3.8) is 0 Å². The van der Waals surface area contributed by atoms with E-state index in [2.05, 4.69) is 53.1 Å². The third-order valence-electron chi connectivity index (χ3n) is 5.86. The van der Waals surface area contributed by atoms with E-state index < -0.39 is 5.97 Å². The molecule has 1 aromatic rings. The third kappa shape index (κ3) is 5.67. The van der Waals surface area contributed by atoms with Crippen molar-refractivity contribution < 1.29 is 14.6 Å².